The van der Waals surface area contributed by atoms with Crippen LogP contribution >= 0.6 is 0 Å². The first-order chi connectivity index (χ1) is 4.61. The summed E-state index contributed by atoms with van der Waals surface area (Å²) in [6.45, 7) is 1.14. The van der Waals surface area contributed by atoms with Crippen LogP contribution in [0.25, 0.3) is 0 Å². The van der Waals surface area contributed by atoms with Crippen molar-refractivity contribution >= 4 is 11.9 Å². The van der Waals surface area contributed by atoms with E-state index in [-0.39, 0.29) is 0 Å². The van der Waals surface area contributed by atoms with Crippen LogP contribution in [0.3, 0.4) is 0 Å². The molecule has 0 spiro atoms. The molecule has 1 aliphatic heterocycles. The third kappa shape index (κ3) is 1.08. The number of hydrogen-bond donors (Lipinski definition) is 2. The van der Waals surface area contributed by atoms with E-state index in [2.05, 4.69) is 0 Å². The van der Waals surface area contributed by atoms with Crippen molar-refractivity contribution in [3.05, 3.63) is 6.54 Å². The summed E-state index contributed by atoms with van der Waals surface area (Å²) >= 11 is 0. The second kappa shape index (κ2) is 2.26. The van der Waals surface area contributed by atoms with E-state index in [0.717, 1.165) is 11.4 Å². The minimum absolute atomic E-state index is 0.518. The van der Waals surface area contributed by atoms with Gasteiger partial charge in [-0.05, 0) is 0 Å². The summed E-state index contributed by atoms with van der Waals surface area (Å²) in [6, 6.07) is -0.518. The number of amides is 3. The maximum atomic E-state index is 10.6. The molecule has 5 heteroatoms. The van der Waals surface area contributed by atoms with Gasteiger partial charge >= 0.3 is 6.03 Å². The lowest BCUT2D eigenvalue weighted by Crippen LogP contribution is -2.52. The lowest BCUT2D eigenvalue weighted by atomic mass is 10.3. The highest BCUT2D eigenvalue weighted by Gasteiger charge is 2.28. The Labute approximate surface area is 57.6 Å². The predicted octanol–water partition coefficient (Wildman–Crippen LogP) is -1.31. The number of urea groups is 1. The molecule has 1 rings (SSSR count). The highest BCUT2D eigenvalue weighted by atomic mass is 16.3. The van der Waals surface area contributed by atoms with E-state index in [0.29, 0.717) is 0 Å². The number of hydrogen-bond acceptors (Lipinski definition) is 3. The van der Waals surface area contributed by atoms with E-state index in [4.69, 9.17) is 5.11 Å². The summed E-state index contributed by atoms with van der Waals surface area (Å²) in [6.07, 6.45) is -1.21. The van der Waals surface area contributed by atoms with Crippen molar-refractivity contribution < 1.29 is 14.7 Å². The van der Waals surface area contributed by atoms with Gasteiger partial charge in [-0.15, -0.1) is 0 Å². The lowest BCUT2D eigenvalue weighted by molar-refractivity contribution is -0.128. The molecular weight excluding hydrogens is 136 g/mol. The summed E-state index contributed by atoms with van der Waals surface area (Å²) in [5.74, 6) is -0.678. The zero-order valence-electron chi connectivity index (χ0n) is 5.37. The maximum absolute atomic E-state index is 10.6. The minimum Gasteiger partial charge on any atom is -0.381 e. The van der Waals surface area contributed by atoms with E-state index in [1.807, 2.05) is 5.32 Å². The first-order valence-electron chi connectivity index (χ1n) is 2.72. The Morgan fingerprint density at radius 2 is 2.30 bits per heavy atom. The van der Waals surface area contributed by atoms with Crippen LogP contribution in [0.4, 0.5) is 4.79 Å². The second-order valence-corrected chi connectivity index (χ2v) is 2.00. The third-order valence-corrected chi connectivity index (χ3v) is 1.18. The molecule has 2 N–H and O–H groups in total. The number of imide groups is 1. The Hall–Kier alpha value is -1.10. The number of aliphatic hydroxyl groups is 1. The zero-order chi connectivity index (χ0) is 7.72. The molecule has 0 aromatic carbocycles. The van der Waals surface area contributed by atoms with Gasteiger partial charge in [0.05, 0.1) is 6.54 Å². The normalized spacial score (nSPS) is 26.6. The van der Waals surface area contributed by atoms with Gasteiger partial charge in [-0.1, -0.05) is 0 Å². The molecule has 0 saturated carbocycles. The van der Waals surface area contributed by atoms with Crippen LogP contribution in [0.15, 0.2) is 0 Å². The molecule has 1 atom stereocenters. The lowest BCUT2D eigenvalue weighted by Gasteiger charge is -2.24. The van der Waals surface area contributed by atoms with E-state index in [9.17, 15) is 9.59 Å². The number of rotatable bonds is 0. The second-order valence-electron chi connectivity index (χ2n) is 2.00. The molecule has 1 saturated heterocycles. The van der Waals surface area contributed by atoms with Crippen molar-refractivity contribution in [2.24, 2.45) is 0 Å². The van der Waals surface area contributed by atoms with Gasteiger partial charge in [-0.3, -0.25) is 10.1 Å². The molecule has 0 aromatic heterocycles. The summed E-state index contributed by atoms with van der Waals surface area (Å²) in [4.78, 5) is 22.2. The Balaban J connectivity index is 2.63. The van der Waals surface area contributed by atoms with Crippen LogP contribution in [0, 0.1) is 6.54 Å². The largest absolute Gasteiger partial charge is 0.381 e. The number of carbonyl (C=O) groups excluding carboxylic acids is 2. The first-order valence-corrected chi connectivity index (χ1v) is 2.72. The zero-order valence-corrected chi connectivity index (χ0v) is 5.37. The van der Waals surface area contributed by atoms with Crippen molar-refractivity contribution in [2.45, 2.75) is 6.10 Å². The molecule has 1 aliphatic rings. The molecule has 0 aliphatic carbocycles. The quantitative estimate of drug-likeness (QED) is 0.442. The average molecular weight is 143 g/mol. The van der Waals surface area contributed by atoms with Crippen LogP contribution in [-0.4, -0.2) is 35.1 Å². The fourth-order valence-corrected chi connectivity index (χ4v) is 0.615. The van der Waals surface area contributed by atoms with E-state index >= 15 is 0 Å². The molecule has 10 heavy (non-hydrogen) atoms. The molecule has 0 bridgehead atoms. The molecule has 5 nitrogen and oxygen atoms in total. The van der Waals surface area contributed by atoms with Gasteiger partial charge in [-0.2, -0.15) is 0 Å². The van der Waals surface area contributed by atoms with Crippen LogP contribution in [0.2, 0.25) is 0 Å². The molecule has 3 amide bonds. The summed E-state index contributed by atoms with van der Waals surface area (Å²) < 4.78 is 0. The predicted molar refractivity (Wildman–Crippen MR) is 31.6 cm³/mol. The highest BCUT2D eigenvalue weighted by molar-refractivity contribution is 6.00. The molecular formula is C5H7N2O3. The van der Waals surface area contributed by atoms with Crippen LogP contribution in [0.5, 0.6) is 0 Å². The van der Waals surface area contributed by atoms with Gasteiger partial charge in [0.25, 0.3) is 5.91 Å². The van der Waals surface area contributed by atoms with Gasteiger partial charge in [0.2, 0.25) is 0 Å². The van der Waals surface area contributed by atoms with Gasteiger partial charge in [-0.25, -0.2) is 4.79 Å². The van der Waals surface area contributed by atoms with Crippen LogP contribution in [0.1, 0.15) is 0 Å². The Morgan fingerprint density at radius 3 is 2.80 bits per heavy atom. The van der Waals surface area contributed by atoms with Crippen molar-refractivity contribution in [3.63, 3.8) is 0 Å². The summed E-state index contributed by atoms with van der Waals surface area (Å²) in [5, 5.41) is 10.8. The number of nitrogens with one attached hydrogen (secondary N) is 1. The van der Waals surface area contributed by atoms with Gasteiger partial charge in [0.15, 0.2) is 6.10 Å². The number of carbonyl (C=O) groups is 2. The Morgan fingerprint density at radius 1 is 1.70 bits per heavy atom. The molecule has 1 radical (unpaired) electrons. The monoisotopic (exact) mass is 143 g/mol. The molecule has 1 heterocycles. The van der Waals surface area contributed by atoms with Crippen molar-refractivity contribution in [1.29, 1.82) is 0 Å². The van der Waals surface area contributed by atoms with Gasteiger partial charge in [0, 0.05) is 7.05 Å². The number of nitrogens with zero attached hydrogens (tertiary/aromatic N) is 1. The van der Waals surface area contributed by atoms with Gasteiger partial charge in [0.1, 0.15) is 0 Å². The third-order valence-electron chi connectivity index (χ3n) is 1.18. The molecule has 1 unspecified atom stereocenters. The smallest absolute Gasteiger partial charge is 0.324 e. The van der Waals surface area contributed by atoms with Gasteiger partial charge < -0.3 is 10.0 Å². The first kappa shape index (κ1) is 7.01. The Bertz CT molecular complexity index is 162. The van der Waals surface area contributed by atoms with Crippen molar-refractivity contribution in [3.8, 4) is 0 Å². The Kier molecular flexibility index (Phi) is 1.58. The van der Waals surface area contributed by atoms with E-state index < -0.39 is 18.0 Å². The van der Waals surface area contributed by atoms with E-state index in [1.54, 1.807) is 0 Å². The summed E-state index contributed by atoms with van der Waals surface area (Å²) in [5.41, 5.74) is 0. The average Bonchev–Trinajstić information content (AvgIpc) is 1.84. The molecule has 0 aromatic rings. The van der Waals surface area contributed by atoms with Crippen molar-refractivity contribution in [1.82, 2.24) is 10.2 Å². The molecule has 1 fully saturated rings. The number of aliphatic hydroxyl groups excluding tert-OH is 1. The van der Waals surface area contributed by atoms with E-state index in [1.165, 1.54) is 7.05 Å². The van der Waals surface area contributed by atoms with Crippen molar-refractivity contribution in [2.75, 3.05) is 7.05 Å². The standard InChI is InChI=1S/C5H7N2O3/c1-7-2-3(8)4(9)6-5(7)10/h2-3,8H,1H3,(H,6,9,10). The topological polar surface area (TPSA) is 69.6 Å². The number of likely N-dealkylation sites (N-methyl/N-ethyl adjacent to an activating group) is 1. The van der Waals surface area contributed by atoms with Crippen LogP contribution < -0.4 is 5.32 Å². The maximum Gasteiger partial charge on any atom is 0.324 e. The highest BCUT2D eigenvalue weighted by Crippen LogP contribution is 2.01. The fraction of sp³-hybridized carbons (Fsp3) is 0.400. The summed E-state index contributed by atoms with van der Waals surface area (Å²) in [7, 11) is 1.45. The van der Waals surface area contributed by atoms with Crippen LogP contribution in [-0.2, 0) is 4.79 Å². The molecule has 55 valence electrons. The SMILES string of the molecule is CN1[CH]C(O)C(=O)NC1=O. The fourth-order valence-electron chi connectivity index (χ4n) is 0.615. The minimum atomic E-state index is -1.21.